The molecule has 10 heavy (non-hydrogen) atoms. The fraction of sp³-hybridized carbons (Fsp3) is 0. The second kappa shape index (κ2) is 3.47. The number of nitriles is 1. The van der Waals surface area contributed by atoms with Gasteiger partial charge in [0.15, 0.2) is 0 Å². The van der Waals surface area contributed by atoms with Gasteiger partial charge in [-0.2, -0.15) is 5.26 Å². The lowest BCUT2D eigenvalue weighted by molar-refractivity contribution is 1.53. The summed E-state index contributed by atoms with van der Waals surface area (Å²) in [4.78, 5) is 0. The highest BCUT2D eigenvalue weighted by Crippen LogP contribution is 1.98. The van der Waals surface area contributed by atoms with Crippen LogP contribution in [0.15, 0.2) is 30.3 Å². The van der Waals surface area contributed by atoms with Crippen molar-refractivity contribution in [3.05, 3.63) is 42.0 Å². The third-order valence-corrected chi connectivity index (χ3v) is 1.09. The van der Waals surface area contributed by atoms with Crippen LogP contribution in [0.2, 0.25) is 0 Å². The molecule has 0 aromatic heterocycles. The monoisotopic (exact) mass is 128 g/mol. The van der Waals surface area contributed by atoms with Crippen molar-refractivity contribution in [2.75, 3.05) is 0 Å². The maximum absolute atomic E-state index is 8.18. The fourth-order valence-electron chi connectivity index (χ4n) is 0.644. The van der Waals surface area contributed by atoms with Crippen molar-refractivity contribution in [2.45, 2.75) is 0 Å². The molecule has 0 spiro atoms. The lowest BCUT2D eigenvalue weighted by Gasteiger charge is -1.85. The number of benzene rings is 1. The minimum atomic E-state index is 1.03. The molecular formula is C9H6N. The first-order valence-electron chi connectivity index (χ1n) is 2.96. The van der Waals surface area contributed by atoms with Gasteiger partial charge in [-0.3, -0.25) is 0 Å². The largest absolute Gasteiger partial charge is 0.193 e. The highest BCUT2D eigenvalue weighted by molar-refractivity contribution is 5.50. The summed E-state index contributed by atoms with van der Waals surface area (Å²) in [5.74, 6) is 0. The zero-order valence-corrected chi connectivity index (χ0v) is 5.41. The van der Waals surface area contributed by atoms with E-state index >= 15 is 0 Å². The van der Waals surface area contributed by atoms with Crippen LogP contribution in [-0.4, -0.2) is 0 Å². The van der Waals surface area contributed by atoms with Gasteiger partial charge in [-0.1, -0.05) is 24.3 Å². The molecule has 0 unspecified atom stereocenters. The van der Waals surface area contributed by atoms with Gasteiger partial charge >= 0.3 is 0 Å². The van der Waals surface area contributed by atoms with E-state index in [9.17, 15) is 0 Å². The van der Waals surface area contributed by atoms with E-state index in [2.05, 4.69) is 6.07 Å². The second-order valence-corrected chi connectivity index (χ2v) is 1.80. The summed E-state index contributed by atoms with van der Waals surface area (Å²) >= 11 is 0. The van der Waals surface area contributed by atoms with Crippen LogP contribution >= 0.6 is 0 Å². The van der Waals surface area contributed by atoms with E-state index in [-0.39, 0.29) is 0 Å². The molecule has 0 aliphatic heterocycles. The first-order chi connectivity index (χ1) is 4.93. The topological polar surface area (TPSA) is 23.8 Å². The second-order valence-electron chi connectivity index (χ2n) is 1.80. The molecule has 1 aromatic rings. The van der Waals surface area contributed by atoms with E-state index in [1.54, 1.807) is 6.08 Å². The van der Waals surface area contributed by atoms with Crippen LogP contribution < -0.4 is 0 Å². The van der Waals surface area contributed by atoms with E-state index in [4.69, 9.17) is 5.26 Å². The maximum atomic E-state index is 8.18. The normalized spacial score (nSPS) is 9.50. The molecule has 0 N–H and O–H groups in total. The Morgan fingerprint density at radius 3 is 2.70 bits per heavy atom. The van der Waals surface area contributed by atoms with Crippen LogP contribution in [-0.2, 0) is 0 Å². The molecule has 0 aliphatic carbocycles. The highest BCUT2D eigenvalue weighted by Gasteiger charge is 1.79. The summed E-state index contributed by atoms with van der Waals surface area (Å²) in [6, 6.07) is 12.2. The molecule has 1 radical (unpaired) electrons. The molecule has 47 valence electrons. The fourth-order valence-corrected chi connectivity index (χ4v) is 0.644. The van der Waals surface area contributed by atoms with E-state index in [1.165, 1.54) is 6.08 Å². The van der Waals surface area contributed by atoms with Gasteiger partial charge in [0.1, 0.15) is 0 Å². The van der Waals surface area contributed by atoms with Gasteiger partial charge in [0, 0.05) is 6.08 Å². The zero-order chi connectivity index (χ0) is 7.23. The van der Waals surface area contributed by atoms with Crippen LogP contribution in [0.3, 0.4) is 0 Å². The average molecular weight is 128 g/mol. The number of hydrogen-bond donors (Lipinski definition) is 0. The molecule has 0 amide bonds. The lowest BCUT2D eigenvalue weighted by atomic mass is 10.2. The van der Waals surface area contributed by atoms with E-state index in [0.717, 1.165) is 5.56 Å². The van der Waals surface area contributed by atoms with Gasteiger partial charge in [0.05, 0.1) is 6.07 Å². The quantitative estimate of drug-likeness (QED) is 0.531. The summed E-state index contributed by atoms with van der Waals surface area (Å²) in [6.07, 6.45) is 3.21. The van der Waals surface area contributed by atoms with Crippen molar-refractivity contribution in [2.24, 2.45) is 0 Å². The maximum Gasteiger partial charge on any atom is 0.0912 e. The molecule has 0 saturated heterocycles. The minimum Gasteiger partial charge on any atom is -0.193 e. The summed E-state index contributed by atoms with van der Waals surface area (Å²) in [6.45, 7) is 0. The molecule has 1 rings (SSSR count). The van der Waals surface area contributed by atoms with E-state index in [1.807, 2.05) is 30.3 Å². The van der Waals surface area contributed by atoms with Crippen LogP contribution in [0.1, 0.15) is 5.56 Å². The molecule has 0 bridgehead atoms. The Morgan fingerprint density at radius 2 is 2.10 bits per heavy atom. The first kappa shape index (κ1) is 6.57. The van der Waals surface area contributed by atoms with Crippen molar-refractivity contribution in [1.29, 1.82) is 5.26 Å². The van der Waals surface area contributed by atoms with Gasteiger partial charge in [-0.05, 0) is 17.7 Å². The third-order valence-electron chi connectivity index (χ3n) is 1.09. The van der Waals surface area contributed by atoms with E-state index in [0.29, 0.717) is 0 Å². The molecule has 0 aliphatic rings. The van der Waals surface area contributed by atoms with Gasteiger partial charge in [-0.15, -0.1) is 0 Å². The minimum absolute atomic E-state index is 1.03. The number of nitrogens with zero attached hydrogens (tertiary/aromatic N) is 1. The van der Waals surface area contributed by atoms with Gasteiger partial charge in [0.25, 0.3) is 0 Å². The molecule has 1 aromatic carbocycles. The molecule has 1 heteroatoms. The van der Waals surface area contributed by atoms with Crippen molar-refractivity contribution in [3.8, 4) is 6.07 Å². The predicted molar refractivity (Wildman–Crippen MR) is 39.9 cm³/mol. The number of rotatable bonds is 1. The van der Waals surface area contributed by atoms with Crippen molar-refractivity contribution in [3.63, 3.8) is 0 Å². The van der Waals surface area contributed by atoms with Crippen LogP contribution in [0, 0.1) is 17.4 Å². The SMILES string of the molecule is N#CC=Cc1cc[c]cc1. The van der Waals surface area contributed by atoms with Gasteiger partial charge < -0.3 is 0 Å². The zero-order valence-electron chi connectivity index (χ0n) is 5.41. The summed E-state index contributed by atoms with van der Waals surface area (Å²) in [5.41, 5.74) is 1.03. The van der Waals surface area contributed by atoms with E-state index < -0.39 is 0 Å². The summed E-state index contributed by atoms with van der Waals surface area (Å²) in [5, 5.41) is 8.18. The Morgan fingerprint density at radius 1 is 1.40 bits per heavy atom. The van der Waals surface area contributed by atoms with Crippen molar-refractivity contribution in [1.82, 2.24) is 0 Å². The first-order valence-corrected chi connectivity index (χ1v) is 2.96. The smallest absolute Gasteiger partial charge is 0.0912 e. The molecular weight excluding hydrogens is 122 g/mol. The summed E-state index contributed by atoms with van der Waals surface area (Å²) < 4.78 is 0. The van der Waals surface area contributed by atoms with Crippen LogP contribution in [0.5, 0.6) is 0 Å². The molecule has 0 heterocycles. The lowest BCUT2D eigenvalue weighted by Crippen LogP contribution is -1.66. The molecule has 0 saturated carbocycles. The van der Waals surface area contributed by atoms with Crippen molar-refractivity contribution >= 4 is 6.08 Å². The molecule has 0 fully saturated rings. The Bertz CT molecular complexity index is 254. The predicted octanol–water partition coefficient (Wildman–Crippen LogP) is 2.02. The van der Waals surface area contributed by atoms with Crippen molar-refractivity contribution < 1.29 is 0 Å². The summed E-state index contributed by atoms with van der Waals surface area (Å²) in [7, 11) is 0. The van der Waals surface area contributed by atoms with Crippen LogP contribution in [0.4, 0.5) is 0 Å². The number of hydrogen-bond acceptors (Lipinski definition) is 1. The number of allylic oxidation sites excluding steroid dienone is 1. The van der Waals surface area contributed by atoms with Crippen LogP contribution in [0.25, 0.3) is 6.08 Å². The Labute approximate surface area is 60.2 Å². The third kappa shape index (κ3) is 1.75. The highest BCUT2D eigenvalue weighted by atomic mass is 14.2. The van der Waals surface area contributed by atoms with Gasteiger partial charge in [-0.25, -0.2) is 0 Å². The average Bonchev–Trinajstić information content (AvgIpc) is 2.03. The Hall–Kier alpha value is -1.55. The Balaban J connectivity index is 2.79. The van der Waals surface area contributed by atoms with Gasteiger partial charge in [0.2, 0.25) is 0 Å². The standard InChI is InChI=1S/C9H6N/c10-8-4-7-9-5-2-1-3-6-9/h2-7H. The molecule has 0 atom stereocenters. The Kier molecular flexibility index (Phi) is 2.28. The molecule has 1 nitrogen and oxygen atoms in total.